The van der Waals surface area contributed by atoms with Crippen molar-refractivity contribution in [3.05, 3.63) is 30.1 Å². The summed E-state index contributed by atoms with van der Waals surface area (Å²) in [5.74, 6) is -2.37. The van der Waals surface area contributed by atoms with Crippen LogP contribution in [0.5, 0.6) is 5.75 Å². The highest BCUT2D eigenvalue weighted by Gasteiger charge is 2.21. The lowest BCUT2D eigenvalue weighted by Crippen LogP contribution is -2.44. The molecule has 0 aliphatic heterocycles. The Bertz CT molecular complexity index is 547. The number of carboxylic acids is 1. The van der Waals surface area contributed by atoms with E-state index in [1.807, 2.05) is 0 Å². The minimum atomic E-state index is -1.32. The van der Waals surface area contributed by atoms with Crippen molar-refractivity contribution in [3.63, 3.8) is 0 Å². The van der Waals surface area contributed by atoms with E-state index >= 15 is 0 Å². The van der Waals surface area contributed by atoms with Gasteiger partial charge in [0.25, 0.3) is 0 Å². The number of carbonyl (C=O) groups is 3. The first kappa shape index (κ1) is 17.4. The molecule has 0 radical (unpaired) electrons. The van der Waals surface area contributed by atoms with Crippen molar-refractivity contribution < 1.29 is 28.6 Å². The fourth-order valence-corrected chi connectivity index (χ4v) is 1.45. The molecule has 0 heterocycles. The molecule has 2 amide bonds. The first-order chi connectivity index (χ1) is 10.3. The maximum absolute atomic E-state index is 12.8. The van der Waals surface area contributed by atoms with E-state index in [0.29, 0.717) is 0 Å². The highest BCUT2D eigenvalue weighted by molar-refractivity contribution is 5.84. The van der Waals surface area contributed by atoms with Crippen molar-refractivity contribution in [2.45, 2.75) is 13.0 Å². The molecule has 7 nitrogen and oxygen atoms in total. The van der Waals surface area contributed by atoms with Gasteiger partial charge in [0.15, 0.2) is 0 Å². The van der Waals surface area contributed by atoms with Gasteiger partial charge in [-0.05, 0) is 24.3 Å². The van der Waals surface area contributed by atoms with Gasteiger partial charge in [0.05, 0.1) is 13.1 Å². The zero-order valence-electron chi connectivity index (χ0n) is 12.2. The van der Waals surface area contributed by atoms with Gasteiger partial charge in [0.2, 0.25) is 17.9 Å². The number of benzene rings is 1. The summed E-state index contributed by atoms with van der Waals surface area (Å²) < 4.78 is 17.9. The number of carbonyl (C=O) groups excluding carboxylic acids is 2. The summed E-state index contributed by atoms with van der Waals surface area (Å²) in [6.07, 6.45) is -1.32. The molecule has 2 N–H and O–H groups in total. The smallest absolute Gasteiger partial charge is 0.346 e. The Kier molecular flexibility index (Phi) is 6.30. The fourth-order valence-electron chi connectivity index (χ4n) is 1.45. The van der Waals surface area contributed by atoms with Crippen LogP contribution >= 0.6 is 0 Å². The second kappa shape index (κ2) is 7.96. The van der Waals surface area contributed by atoms with E-state index in [4.69, 9.17) is 9.84 Å². The molecule has 1 atom stereocenters. The van der Waals surface area contributed by atoms with E-state index in [1.54, 1.807) is 0 Å². The summed E-state index contributed by atoms with van der Waals surface area (Å²) in [6, 6.07) is 4.84. The minimum absolute atomic E-state index is 0.170. The molecule has 0 spiro atoms. The molecule has 22 heavy (non-hydrogen) atoms. The zero-order valence-corrected chi connectivity index (χ0v) is 12.2. The molecule has 8 heteroatoms. The third-order valence-electron chi connectivity index (χ3n) is 2.77. The number of nitrogens with one attached hydrogen (secondary N) is 1. The Labute approximate surface area is 126 Å². The van der Waals surface area contributed by atoms with Crippen LogP contribution in [0.3, 0.4) is 0 Å². The minimum Gasteiger partial charge on any atom is -0.478 e. The van der Waals surface area contributed by atoms with Gasteiger partial charge in [-0.15, -0.1) is 0 Å². The Balaban J connectivity index is 2.54. The van der Waals surface area contributed by atoms with Crippen LogP contribution in [-0.2, 0) is 14.4 Å². The van der Waals surface area contributed by atoms with Crippen molar-refractivity contribution in [3.8, 4) is 5.75 Å². The van der Waals surface area contributed by atoms with Gasteiger partial charge in [-0.25, -0.2) is 9.18 Å². The first-order valence-corrected chi connectivity index (χ1v) is 6.43. The van der Waals surface area contributed by atoms with Gasteiger partial charge in [0, 0.05) is 14.0 Å². The van der Waals surface area contributed by atoms with Crippen LogP contribution in [0.2, 0.25) is 0 Å². The lowest BCUT2D eigenvalue weighted by Gasteiger charge is -2.18. The number of hydrogen-bond acceptors (Lipinski definition) is 4. The number of ether oxygens (including phenoxy) is 1. The normalized spacial score (nSPS) is 11.4. The number of hydrogen-bond donors (Lipinski definition) is 2. The van der Waals surface area contributed by atoms with Crippen molar-refractivity contribution >= 4 is 17.8 Å². The number of rotatable bonds is 7. The van der Waals surface area contributed by atoms with Gasteiger partial charge in [0.1, 0.15) is 11.6 Å². The van der Waals surface area contributed by atoms with Crippen molar-refractivity contribution in [2.24, 2.45) is 0 Å². The second-order valence-corrected chi connectivity index (χ2v) is 4.58. The van der Waals surface area contributed by atoms with Gasteiger partial charge in [-0.1, -0.05) is 0 Å². The number of likely N-dealkylation sites (N-methyl/N-ethyl adjacent to an activating group) is 1. The standard InChI is InChI=1S/C14H17FN2O5/c1-9(18)17(2)8-13(19)16-7-12(14(20)21)22-11-5-3-10(15)4-6-11/h3-6,12H,7-8H2,1-2H3,(H,16,19)(H,20,21). The third kappa shape index (κ3) is 5.78. The molecule has 0 aliphatic rings. The molecule has 1 aromatic rings. The second-order valence-electron chi connectivity index (χ2n) is 4.58. The molecular weight excluding hydrogens is 295 g/mol. The van der Waals surface area contributed by atoms with Crippen molar-refractivity contribution in [1.82, 2.24) is 10.2 Å². The van der Waals surface area contributed by atoms with E-state index < -0.39 is 23.8 Å². The van der Waals surface area contributed by atoms with Crippen molar-refractivity contribution in [2.75, 3.05) is 20.1 Å². The van der Waals surface area contributed by atoms with Crippen LogP contribution in [0.15, 0.2) is 24.3 Å². The number of carboxylic acid groups (broad SMARTS) is 1. The molecule has 120 valence electrons. The molecule has 0 saturated heterocycles. The monoisotopic (exact) mass is 312 g/mol. The van der Waals surface area contributed by atoms with Crippen molar-refractivity contribution in [1.29, 1.82) is 0 Å². The molecular formula is C14H17FN2O5. The molecule has 0 fully saturated rings. The number of nitrogens with zero attached hydrogens (tertiary/aromatic N) is 1. The molecule has 1 unspecified atom stereocenters. The first-order valence-electron chi connectivity index (χ1n) is 6.43. The highest BCUT2D eigenvalue weighted by atomic mass is 19.1. The van der Waals surface area contributed by atoms with E-state index in [0.717, 1.165) is 12.1 Å². The maximum Gasteiger partial charge on any atom is 0.346 e. The van der Waals surface area contributed by atoms with Gasteiger partial charge in [-0.2, -0.15) is 0 Å². The SMILES string of the molecule is CC(=O)N(C)CC(=O)NCC(Oc1ccc(F)cc1)C(=O)O. The fraction of sp³-hybridized carbons (Fsp3) is 0.357. The van der Waals surface area contributed by atoms with Gasteiger partial charge < -0.3 is 20.1 Å². The summed E-state index contributed by atoms with van der Waals surface area (Å²) in [7, 11) is 1.45. The predicted molar refractivity (Wildman–Crippen MR) is 74.8 cm³/mol. The van der Waals surface area contributed by atoms with Crippen LogP contribution in [0.1, 0.15) is 6.92 Å². The summed E-state index contributed by atoms with van der Waals surface area (Å²) in [6.45, 7) is 0.848. The predicted octanol–water partition coefficient (Wildman–Crippen LogP) is 0.252. The molecule has 1 aromatic carbocycles. The number of amides is 2. The Morgan fingerprint density at radius 3 is 2.41 bits per heavy atom. The average molecular weight is 312 g/mol. The molecule has 1 rings (SSSR count). The third-order valence-corrected chi connectivity index (χ3v) is 2.77. The van der Waals surface area contributed by atoms with Crippen LogP contribution in [0.4, 0.5) is 4.39 Å². The lowest BCUT2D eigenvalue weighted by molar-refractivity contribution is -0.145. The summed E-state index contributed by atoms with van der Waals surface area (Å²) in [5, 5.41) is 11.4. The maximum atomic E-state index is 12.8. The molecule has 0 aromatic heterocycles. The van der Waals surface area contributed by atoms with Crippen LogP contribution in [-0.4, -0.2) is 54.0 Å². The van der Waals surface area contributed by atoms with E-state index in [-0.39, 0.29) is 24.7 Å². The number of halogens is 1. The topological polar surface area (TPSA) is 95.9 Å². The van der Waals surface area contributed by atoms with Crippen LogP contribution in [0.25, 0.3) is 0 Å². The average Bonchev–Trinajstić information content (AvgIpc) is 2.44. The molecule has 0 aliphatic carbocycles. The largest absolute Gasteiger partial charge is 0.478 e. The molecule has 0 saturated carbocycles. The highest BCUT2D eigenvalue weighted by Crippen LogP contribution is 2.13. The summed E-state index contributed by atoms with van der Waals surface area (Å²) in [4.78, 5) is 34.9. The van der Waals surface area contributed by atoms with Gasteiger partial charge in [-0.3, -0.25) is 9.59 Å². The Morgan fingerprint density at radius 1 is 1.32 bits per heavy atom. The summed E-state index contributed by atoms with van der Waals surface area (Å²) >= 11 is 0. The summed E-state index contributed by atoms with van der Waals surface area (Å²) in [5.41, 5.74) is 0. The lowest BCUT2D eigenvalue weighted by atomic mass is 10.3. The van der Waals surface area contributed by atoms with Crippen LogP contribution < -0.4 is 10.1 Å². The van der Waals surface area contributed by atoms with E-state index in [2.05, 4.69) is 5.32 Å². The van der Waals surface area contributed by atoms with Crippen LogP contribution in [0, 0.1) is 5.82 Å². The Morgan fingerprint density at radius 2 is 1.91 bits per heavy atom. The van der Waals surface area contributed by atoms with E-state index in [9.17, 15) is 18.8 Å². The Hall–Kier alpha value is -2.64. The number of aliphatic carboxylic acids is 1. The molecule has 0 bridgehead atoms. The van der Waals surface area contributed by atoms with E-state index in [1.165, 1.54) is 31.0 Å². The quantitative estimate of drug-likeness (QED) is 0.752. The van der Waals surface area contributed by atoms with Gasteiger partial charge >= 0.3 is 5.97 Å². The zero-order chi connectivity index (χ0) is 16.7.